The first-order chi connectivity index (χ1) is 6.27. The van der Waals surface area contributed by atoms with Gasteiger partial charge in [-0.05, 0) is 41.8 Å². The minimum atomic E-state index is 0.450. The summed E-state index contributed by atoms with van der Waals surface area (Å²) in [5.74, 6) is 0.450. The Bertz CT molecular complexity index is 269. The zero-order valence-electron chi connectivity index (χ0n) is 7.73. The van der Waals surface area contributed by atoms with Crippen LogP contribution in [0.2, 0.25) is 0 Å². The van der Waals surface area contributed by atoms with Crippen LogP contribution in [0.1, 0.15) is 24.8 Å². The maximum absolute atomic E-state index is 10.1. The van der Waals surface area contributed by atoms with E-state index in [0.717, 1.165) is 6.42 Å². The molecule has 1 unspecified atom stereocenters. The van der Waals surface area contributed by atoms with Crippen molar-refractivity contribution in [2.75, 3.05) is 6.54 Å². The lowest BCUT2D eigenvalue weighted by molar-refractivity contribution is 0.690. The summed E-state index contributed by atoms with van der Waals surface area (Å²) in [5.41, 5.74) is 7.14. The molecule has 2 N–H and O–H groups in total. The van der Waals surface area contributed by atoms with Crippen molar-refractivity contribution in [1.29, 1.82) is 0 Å². The zero-order chi connectivity index (χ0) is 9.68. The van der Waals surface area contributed by atoms with Crippen LogP contribution in [-0.4, -0.2) is 6.54 Å². The van der Waals surface area contributed by atoms with Crippen molar-refractivity contribution in [2.24, 2.45) is 10.9 Å². The van der Waals surface area contributed by atoms with Gasteiger partial charge in [-0.2, -0.15) is 0 Å². The van der Waals surface area contributed by atoms with E-state index in [1.54, 1.807) is 12.1 Å². The highest BCUT2D eigenvalue weighted by Crippen LogP contribution is 2.21. The Morgan fingerprint density at radius 2 is 2.00 bits per heavy atom. The number of hydrogen-bond donors (Lipinski definition) is 1. The molecule has 0 bridgehead atoms. The highest BCUT2D eigenvalue weighted by atomic mass is 16.3. The van der Waals surface area contributed by atoms with Gasteiger partial charge in [0.1, 0.15) is 5.69 Å². The van der Waals surface area contributed by atoms with Gasteiger partial charge in [0.15, 0.2) is 0 Å². The molecule has 1 atom stereocenters. The number of rotatable bonds is 4. The van der Waals surface area contributed by atoms with Gasteiger partial charge in [-0.15, -0.1) is 4.91 Å². The molecule has 1 rings (SSSR count). The largest absolute Gasteiger partial charge is 0.330 e. The van der Waals surface area contributed by atoms with Crippen LogP contribution < -0.4 is 5.73 Å². The zero-order valence-corrected chi connectivity index (χ0v) is 7.73. The number of benzene rings is 1. The van der Waals surface area contributed by atoms with Crippen molar-refractivity contribution < 1.29 is 0 Å². The van der Waals surface area contributed by atoms with Gasteiger partial charge >= 0.3 is 0 Å². The lowest BCUT2D eigenvalue weighted by atomic mass is 9.98. The summed E-state index contributed by atoms with van der Waals surface area (Å²) in [4.78, 5) is 10.1. The van der Waals surface area contributed by atoms with E-state index < -0.39 is 0 Å². The summed E-state index contributed by atoms with van der Waals surface area (Å²) in [6, 6.07) is 7.32. The van der Waals surface area contributed by atoms with Gasteiger partial charge in [-0.1, -0.05) is 19.1 Å². The molecule has 3 heteroatoms. The standard InChI is InChI=1S/C10H14N2O/c1-8(6-7-11)9-2-4-10(12-13)5-3-9/h2-5,8H,6-7,11H2,1H3. The second-order valence-electron chi connectivity index (χ2n) is 3.16. The Hall–Kier alpha value is -1.22. The van der Waals surface area contributed by atoms with Gasteiger partial charge in [-0.3, -0.25) is 0 Å². The lowest BCUT2D eigenvalue weighted by Crippen LogP contribution is -2.04. The Labute approximate surface area is 77.9 Å². The molecule has 70 valence electrons. The fourth-order valence-electron chi connectivity index (χ4n) is 1.28. The van der Waals surface area contributed by atoms with Crippen molar-refractivity contribution in [1.82, 2.24) is 0 Å². The minimum absolute atomic E-state index is 0.450. The first-order valence-electron chi connectivity index (χ1n) is 4.41. The molecule has 0 aromatic heterocycles. The average Bonchev–Trinajstić information content (AvgIpc) is 2.18. The third-order valence-corrected chi connectivity index (χ3v) is 2.17. The Morgan fingerprint density at radius 1 is 1.38 bits per heavy atom. The molecule has 0 radical (unpaired) electrons. The van der Waals surface area contributed by atoms with Crippen LogP contribution in [0, 0.1) is 4.91 Å². The van der Waals surface area contributed by atoms with Crippen LogP contribution in [0.25, 0.3) is 0 Å². The summed E-state index contributed by atoms with van der Waals surface area (Å²) in [7, 11) is 0. The monoisotopic (exact) mass is 178 g/mol. The molecule has 0 saturated carbocycles. The van der Waals surface area contributed by atoms with Gasteiger partial charge in [0.05, 0.1) is 0 Å². The molecule has 0 heterocycles. The molecule has 13 heavy (non-hydrogen) atoms. The number of nitrogens with zero attached hydrogens (tertiary/aromatic N) is 1. The first-order valence-corrected chi connectivity index (χ1v) is 4.41. The van der Waals surface area contributed by atoms with Gasteiger partial charge in [-0.25, -0.2) is 0 Å². The topological polar surface area (TPSA) is 55.4 Å². The van der Waals surface area contributed by atoms with Crippen LogP contribution in [-0.2, 0) is 0 Å². The van der Waals surface area contributed by atoms with Crippen molar-refractivity contribution >= 4 is 5.69 Å². The van der Waals surface area contributed by atoms with Gasteiger partial charge in [0, 0.05) is 0 Å². The Balaban J connectivity index is 2.73. The molecule has 0 saturated heterocycles. The van der Waals surface area contributed by atoms with Crippen molar-refractivity contribution in [3.63, 3.8) is 0 Å². The Morgan fingerprint density at radius 3 is 2.46 bits per heavy atom. The van der Waals surface area contributed by atoms with Crippen molar-refractivity contribution in [3.05, 3.63) is 34.7 Å². The Kier molecular flexibility index (Phi) is 3.58. The molecule has 1 aromatic rings. The number of nitrogens with two attached hydrogens (primary N) is 1. The van der Waals surface area contributed by atoms with Crippen LogP contribution in [0.4, 0.5) is 5.69 Å². The second kappa shape index (κ2) is 4.72. The lowest BCUT2D eigenvalue weighted by Gasteiger charge is -2.09. The molecule has 1 aromatic carbocycles. The number of nitroso groups, excluding NO2 is 1. The van der Waals surface area contributed by atoms with Crippen molar-refractivity contribution in [3.8, 4) is 0 Å². The molecule has 0 amide bonds. The molecule has 0 spiro atoms. The van der Waals surface area contributed by atoms with Gasteiger partial charge < -0.3 is 5.73 Å². The van der Waals surface area contributed by atoms with E-state index in [9.17, 15) is 4.91 Å². The highest BCUT2D eigenvalue weighted by molar-refractivity contribution is 5.39. The van der Waals surface area contributed by atoms with Crippen LogP contribution >= 0.6 is 0 Å². The third kappa shape index (κ3) is 2.63. The maximum atomic E-state index is 10.1. The summed E-state index contributed by atoms with van der Waals surface area (Å²) in [6.07, 6.45) is 0.966. The predicted molar refractivity (Wildman–Crippen MR) is 54.0 cm³/mol. The van der Waals surface area contributed by atoms with E-state index in [-0.39, 0.29) is 0 Å². The van der Waals surface area contributed by atoms with E-state index >= 15 is 0 Å². The average molecular weight is 178 g/mol. The highest BCUT2D eigenvalue weighted by Gasteiger charge is 2.03. The minimum Gasteiger partial charge on any atom is -0.330 e. The third-order valence-electron chi connectivity index (χ3n) is 2.17. The summed E-state index contributed by atoms with van der Waals surface area (Å²) in [5, 5.41) is 2.84. The van der Waals surface area contributed by atoms with Crippen LogP contribution in [0.5, 0.6) is 0 Å². The molecule has 0 fully saturated rings. The van der Waals surface area contributed by atoms with E-state index in [4.69, 9.17) is 5.73 Å². The maximum Gasteiger partial charge on any atom is 0.108 e. The van der Waals surface area contributed by atoms with E-state index in [0.29, 0.717) is 18.2 Å². The molecular formula is C10H14N2O. The van der Waals surface area contributed by atoms with E-state index in [1.807, 2.05) is 12.1 Å². The first kappa shape index (κ1) is 9.86. The van der Waals surface area contributed by atoms with E-state index in [1.165, 1.54) is 5.56 Å². The SMILES string of the molecule is CC(CCN)c1ccc(N=O)cc1. The summed E-state index contributed by atoms with van der Waals surface area (Å²) < 4.78 is 0. The summed E-state index contributed by atoms with van der Waals surface area (Å²) in [6.45, 7) is 2.81. The molecule has 3 nitrogen and oxygen atoms in total. The normalized spacial score (nSPS) is 12.5. The molecule has 0 aliphatic rings. The van der Waals surface area contributed by atoms with Gasteiger partial charge in [0.25, 0.3) is 0 Å². The quantitative estimate of drug-likeness (QED) is 0.720. The second-order valence-corrected chi connectivity index (χ2v) is 3.16. The van der Waals surface area contributed by atoms with Gasteiger partial charge in [0.2, 0.25) is 0 Å². The fourth-order valence-corrected chi connectivity index (χ4v) is 1.28. The van der Waals surface area contributed by atoms with Crippen LogP contribution in [0.3, 0.4) is 0 Å². The molecule has 0 aliphatic carbocycles. The number of hydrogen-bond acceptors (Lipinski definition) is 3. The predicted octanol–water partition coefficient (Wildman–Crippen LogP) is 2.54. The molecule has 0 aliphatic heterocycles. The molecular weight excluding hydrogens is 164 g/mol. The van der Waals surface area contributed by atoms with Crippen LogP contribution in [0.15, 0.2) is 29.4 Å². The fraction of sp³-hybridized carbons (Fsp3) is 0.400. The smallest absolute Gasteiger partial charge is 0.108 e. The van der Waals surface area contributed by atoms with E-state index in [2.05, 4.69) is 12.1 Å². The van der Waals surface area contributed by atoms with Crippen molar-refractivity contribution in [2.45, 2.75) is 19.3 Å². The summed E-state index contributed by atoms with van der Waals surface area (Å²) >= 11 is 0.